The Kier molecular flexibility index (Phi) is 5.99. The minimum atomic E-state index is -0.575. The summed E-state index contributed by atoms with van der Waals surface area (Å²) in [6, 6.07) is 9.11. The minimum absolute atomic E-state index is 0.0418. The van der Waals surface area contributed by atoms with Crippen molar-refractivity contribution in [3.63, 3.8) is 0 Å². The second kappa shape index (κ2) is 8.86. The van der Waals surface area contributed by atoms with E-state index in [2.05, 4.69) is 15.6 Å². The first-order valence-corrected chi connectivity index (χ1v) is 10.6. The van der Waals surface area contributed by atoms with E-state index in [-0.39, 0.29) is 11.7 Å². The summed E-state index contributed by atoms with van der Waals surface area (Å²) in [5, 5.41) is 6.23. The van der Waals surface area contributed by atoms with Crippen molar-refractivity contribution in [3.8, 4) is 11.5 Å². The van der Waals surface area contributed by atoms with Crippen molar-refractivity contribution in [3.05, 3.63) is 70.2 Å². The topological polar surface area (TPSA) is 89.6 Å². The van der Waals surface area contributed by atoms with Gasteiger partial charge in [-0.1, -0.05) is 0 Å². The third-order valence-corrected chi connectivity index (χ3v) is 5.93. The molecule has 166 valence electrons. The van der Waals surface area contributed by atoms with Crippen LogP contribution in [0.5, 0.6) is 11.5 Å². The van der Waals surface area contributed by atoms with Gasteiger partial charge in [-0.3, -0.25) is 9.59 Å². The monoisotopic (exact) mass is 433 g/mol. The number of carbonyl (C=O) groups excluding carboxylic acids is 2. The Hall–Kier alpha value is -3.61. The molecule has 1 atom stereocenters. The van der Waals surface area contributed by atoms with E-state index in [0.717, 1.165) is 29.7 Å². The van der Waals surface area contributed by atoms with Crippen LogP contribution < -0.4 is 20.1 Å². The number of dihydropyridines is 1. The van der Waals surface area contributed by atoms with Crippen LogP contribution in [0, 0.1) is 6.92 Å². The van der Waals surface area contributed by atoms with Gasteiger partial charge in [-0.15, -0.1) is 0 Å². The number of anilines is 1. The van der Waals surface area contributed by atoms with E-state index in [1.54, 1.807) is 32.5 Å². The second-order valence-electron chi connectivity index (χ2n) is 8.05. The van der Waals surface area contributed by atoms with Crippen LogP contribution >= 0.6 is 0 Å². The third kappa shape index (κ3) is 3.98. The number of carbonyl (C=O) groups is 2. The molecule has 1 aliphatic carbocycles. The van der Waals surface area contributed by atoms with Crippen LogP contribution in [0.3, 0.4) is 0 Å². The van der Waals surface area contributed by atoms with E-state index < -0.39 is 5.92 Å². The summed E-state index contributed by atoms with van der Waals surface area (Å²) >= 11 is 0. The van der Waals surface area contributed by atoms with Crippen LogP contribution in [0.15, 0.2) is 59.1 Å². The first-order valence-electron chi connectivity index (χ1n) is 10.6. The standard InChI is InChI=1S/C25H27N3O4/c1-14-10-11-26-21(12-14)28-25(30)22-15(2)27-18-6-5-7-19(29)24(18)23(22)17-13-16(31-3)8-9-20(17)32-4/h8-13,23,27H,5-7H2,1-4H3,(H,26,28,30)/t23-/m0/s1. The van der Waals surface area contributed by atoms with E-state index >= 15 is 0 Å². The molecular weight excluding hydrogens is 406 g/mol. The van der Waals surface area contributed by atoms with Crippen molar-refractivity contribution in [2.45, 2.75) is 39.0 Å². The van der Waals surface area contributed by atoms with Gasteiger partial charge in [0.1, 0.15) is 17.3 Å². The van der Waals surface area contributed by atoms with Crippen LogP contribution in [0.25, 0.3) is 0 Å². The summed E-state index contributed by atoms with van der Waals surface area (Å²) < 4.78 is 11.1. The normalized spacial score (nSPS) is 18.1. The molecule has 0 spiro atoms. The summed E-state index contributed by atoms with van der Waals surface area (Å²) in [6.07, 6.45) is 3.65. The Labute approximate surface area is 187 Å². The average molecular weight is 434 g/mol. The molecule has 2 N–H and O–H groups in total. The van der Waals surface area contributed by atoms with Crippen molar-refractivity contribution in [2.75, 3.05) is 19.5 Å². The maximum Gasteiger partial charge on any atom is 0.255 e. The Balaban J connectivity index is 1.86. The van der Waals surface area contributed by atoms with Gasteiger partial charge < -0.3 is 20.1 Å². The fourth-order valence-electron chi connectivity index (χ4n) is 4.45. The second-order valence-corrected chi connectivity index (χ2v) is 8.05. The molecule has 0 saturated heterocycles. The quantitative estimate of drug-likeness (QED) is 0.741. The number of pyridine rings is 1. The zero-order valence-electron chi connectivity index (χ0n) is 18.7. The molecule has 0 radical (unpaired) electrons. The molecule has 2 aromatic rings. The third-order valence-electron chi connectivity index (χ3n) is 5.93. The van der Waals surface area contributed by atoms with Gasteiger partial charge in [0.2, 0.25) is 0 Å². The summed E-state index contributed by atoms with van der Waals surface area (Å²) in [5.41, 5.74) is 4.38. The number of benzene rings is 1. The van der Waals surface area contributed by atoms with Crippen molar-refractivity contribution < 1.29 is 19.1 Å². The Morgan fingerprint density at radius 3 is 2.66 bits per heavy atom. The zero-order chi connectivity index (χ0) is 22.8. The molecule has 2 heterocycles. The maximum absolute atomic E-state index is 13.6. The van der Waals surface area contributed by atoms with E-state index in [9.17, 15) is 9.59 Å². The highest BCUT2D eigenvalue weighted by atomic mass is 16.5. The molecule has 0 unspecified atom stereocenters. The van der Waals surface area contributed by atoms with Crippen LogP contribution in [-0.2, 0) is 9.59 Å². The summed E-state index contributed by atoms with van der Waals surface area (Å²) in [4.78, 5) is 30.9. The number of Topliss-reactive ketones (excluding diaryl/α,β-unsaturated/α-hetero) is 1. The smallest absolute Gasteiger partial charge is 0.255 e. The molecule has 0 fully saturated rings. The minimum Gasteiger partial charge on any atom is -0.497 e. The van der Waals surface area contributed by atoms with Crippen LogP contribution in [-0.4, -0.2) is 30.9 Å². The van der Waals surface area contributed by atoms with Crippen molar-refractivity contribution in [1.82, 2.24) is 10.3 Å². The fourth-order valence-corrected chi connectivity index (χ4v) is 4.45. The van der Waals surface area contributed by atoms with Gasteiger partial charge in [0.05, 0.1) is 20.1 Å². The Morgan fingerprint density at radius 2 is 1.94 bits per heavy atom. The number of ketones is 1. The number of nitrogens with one attached hydrogen (secondary N) is 2. The highest BCUT2D eigenvalue weighted by Crippen LogP contribution is 2.46. The Morgan fingerprint density at radius 1 is 1.12 bits per heavy atom. The predicted octanol–water partition coefficient (Wildman–Crippen LogP) is 4.01. The molecule has 4 rings (SSSR count). The van der Waals surface area contributed by atoms with Gasteiger partial charge >= 0.3 is 0 Å². The van der Waals surface area contributed by atoms with Gasteiger partial charge in [-0.05, 0) is 62.6 Å². The van der Waals surface area contributed by atoms with Gasteiger partial charge in [0.15, 0.2) is 5.78 Å². The highest BCUT2D eigenvalue weighted by molar-refractivity contribution is 6.09. The first-order chi connectivity index (χ1) is 15.4. The number of allylic oxidation sites excluding steroid dienone is 3. The van der Waals surface area contributed by atoms with Crippen LogP contribution in [0.4, 0.5) is 5.82 Å². The summed E-state index contributed by atoms with van der Waals surface area (Å²) in [7, 11) is 3.17. The molecule has 1 aromatic carbocycles. The highest BCUT2D eigenvalue weighted by Gasteiger charge is 2.40. The van der Waals surface area contributed by atoms with Crippen molar-refractivity contribution in [1.29, 1.82) is 0 Å². The van der Waals surface area contributed by atoms with Crippen LogP contribution in [0.2, 0.25) is 0 Å². The number of nitrogens with zero attached hydrogens (tertiary/aromatic N) is 1. The fraction of sp³-hybridized carbons (Fsp3) is 0.320. The molecule has 7 heteroatoms. The molecule has 32 heavy (non-hydrogen) atoms. The lowest BCUT2D eigenvalue weighted by molar-refractivity contribution is -0.116. The molecule has 0 bridgehead atoms. The Bertz CT molecular complexity index is 1150. The summed E-state index contributed by atoms with van der Waals surface area (Å²) in [5.74, 6) is 0.834. The lowest BCUT2D eigenvalue weighted by atomic mass is 9.74. The van der Waals surface area contributed by atoms with Crippen molar-refractivity contribution in [2.24, 2.45) is 0 Å². The lowest BCUT2D eigenvalue weighted by Crippen LogP contribution is -2.35. The van der Waals surface area contributed by atoms with Gasteiger partial charge in [0.25, 0.3) is 5.91 Å². The number of methoxy groups -OCH3 is 2. The van der Waals surface area contributed by atoms with Gasteiger partial charge in [-0.25, -0.2) is 4.98 Å². The zero-order valence-corrected chi connectivity index (χ0v) is 18.7. The van der Waals surface area contributed by atoms with E-state index in [1.165, 1.54) is 0 Å². The number of ether oxygens (including phenoxy) is 2. The van der Waals surface area contributed by atoms with Crippen LogP contribution in [0.1, 0.15) is 43.2 Å². The molecule has 1 aliphatic heterocycles. The number of aryl methyl sites for hydroxylation is 1. The van der Waals surface area contributed by atoms with E-state index in [4.69, 9.17) is 9.47 Å². The number of rotatable bonds is 5. The molecule has 1 amide bonds. The molecule has 2 aliphatic rings. The number of amides is 1. The number of hydrogen-bond donors (Lipinski definition) is 2. The first kappa shape index (κ1) is 21.6. The van der Waals surface area contributed by atoms with Gasteiger partial charge in [0, 0.05) is 40.7 Å². The maximum atomic E-state index is 13.6. The molecular formula is C25H27N3O4. The summed E-state index contributed by atoms with van der Waals surface area (Å²) in [6.45, 7) is 3.80. The van der Waals surface area contributed by atoms with Crippen molar-refractivity contribution >= 4 is 17.5 Å². The average Bonchev–Trinajstić information content (AvgIpc) is 2.77. The molecule has 0 saturated carbocycles. The largest absolute Gasteiger partial charge is 0.497 e. The SMILES string of the molecule is COc1ccc(OC)c([C@H]2C(C(=O)Nc3cc(C)ccn3)=C(C)NC3=C2C(=O)CCC3)c1. The number of hydrogen-bond acceptors (Lipinski definition) is 6. The van der Waals surface area contributed by atoms with E-state index in [1.807, 2.05) is 32.0 Å². The number of aromatic nitrogens is 1. The molecule has 1 aromatic heterocycles. The lowest BCUT2D eigenvalue weighted by Gasteiger charge is -2.35. The van der Waals surface area contributed by atoms with E-state index in [0.29, 0.717) is 40.6 Å². The molecule has 7 nitrogen and oxygen atoms in total. The predicted molar refractivity (Wildman–Crippen MR) is 122 cm³/mol. The van der Waals surface area contributed by atoms with Gasteiger partial charge in [-0.2, -0.15) is 0 Å².